The molecule has 25 heavy (non-hydrogen) atoms. The summed E-state index contributed by atoms with van der Waals surface area (Å²) in [5.41, 5.74) is 2.10. The van der Waals surface area contributed by atoms with Gasteiger partial charge >= 0.3 is 0 Å². The zero-order chi connectivity index (χ0) is 16.8. The minimum absolute atomic E-state index is 0.953. The second kappa shape index (κ2) is 5.68. The Bertz CT molecular complexity index is 1220. The first-order valence-corrected chi connectivity index (χ1v) is 9.05. The Morgan fingerprint density at radius 2 is 1.28 bits per heavy atom. The molecule has 0 heterocycles. The third kappa shape index (κ3) is 2.41. The van der Waals surface area contributed by atoms with E-state index in [-0.39, 0.29) is 0 Å². The van der Waals surface area contributed by atoms with Crippen LogP contribution in [0.5, 0.6) is 0 Å². The lowest BCUT2D eigenvalue weighted by molar-refractivity contribution is 1.52. The van der Waals surface area contributed by atoms with Crippen LogP contribution in [0.1, 0.15) is 5.56 Å². The van der Waals surface area contributed by atoms with Crippen molar-refractivity contribution in [2.45, 2.75) is 0 Å². The summed E-state index contributed by atoms with van der Waals surface area (Å²) in [6.07, 6.45) is 1.97. The van der Waals surface area contributed by atoms with Crippen molar-refractivity contribution in [3.63, 3.8) is 0 Å². The molecule has 0 unspecified atom stereocenters. The van der Waals surface area contributed by atoms with Crippen molar-refractivity contribution in [2.75, 3.05) is 0 Å². The summed E-state index contributed by atoms with van der Waals surface area (Å²) in [6, 6.07) is 27.7. The number of rotatable bonds is 2. The first kappa shape index (κ1) is 14.6. The lowest BCUT2D eigenvalue weighted by Gasteiger charge is -2.12. The standard InChI is InChI=1S/C23H14BrN/c24-19-9-11-20(12-10-19)25-14-18-7-6-17-5-4-15-2-1-3-16-8-13-21(18)23(17)22(15)16/h1-14H. The molecular weight excluding hydrogens is 370 g/mol. The first-order chi connectivity index (χ1) is 12.3. The molecule has 0 saturated heterocycles. The molecule has 5 aromatic carbocycles. The van der Waals surface area contributed by atoms with Crippen molar-refractivity contribution in [1.29, 1.82) is 0 Å². The normalized spacial score (nSPS) is 12.0. The molecule has 0 radical (unpaired) electrons. The average molecular weight is 384 g/mol. The Kier molecular flexibility index (Phi) is 3.32. The van der Waals surface area contributed by atoms with Gasteiger partial charge < -0.3 is 0 Å². The lowest BCUT2D eigenvalue weighted by Crippen LogP contribution is -1.88. The van der Waals surface area contributed by atoms with E-state index < -0.39 is 0 Å². The molecule has 0 aliphatic heterocycles. The van der Waals surface area contributed by atoms with E-state index in [1.807, 2.05) is 30.5 Å². The van der Waals surface area contributed by atoms with Gasteiger partial charge in [-0.3, -0.25) is 4.99 Å². The molecule has 0 saturated carbocycles. The topological polar surface area (TPSA) is 12.4 Å². The summed E-state index contributed by atoms with van der Waals surface area (Å²) in [4.78, 5) is 4.65. The van der Waals surface area contributed by atoms with Crippen LogP contribution in [0, 0.1) is 0 Å². The number of aliphatic imine (C=N–C) groups is 1. The van der Waals surface area contributed by atoms with Crippen LogP contribution >= 0.6 is 15.9 Å². The Balaban J connectivity index is 1.74. The summed E-state index contributed by atoms with van der Waals surface area (Å²) in [5.74, 6) is 0. The van der Waals surface area contributed by atoms with Crippen LogP contribution in [-0.4, -0.2) is 6.21 Å². The van der Waals surface area contributed by atoms with Gasteiger partial charge in [0.05, 0.1) is 5.69 Å². The molecule has 0 fully saturated rings. The Labute approximate surface area is 154 Å². The molecule has 0 aliphatic rings. The Hall–Kier alpha value is -2.71. The molecule has 0 spiro atoms. The van der Waals surface area contributed by atoms with Crippen molar-refractivity contribution in [3.8, 4) is 0 Å². The van der Waals surface area contributed by atoms with Gasteiger partial charge in [0, 0.05) is 16.3 Å². The van der Waals surface area contributed by atoms with Crippen LogP contribution in [0.3, 0.4) is 0 Å². The molecule has 1 nitrogen and oxygen atoms in total. The fourth-order valence-corrected chi connectivity index (χ4v) is 3.81. The van der Waals surface area contributed by atoms with E-state index in [9.17, 15) is 0 Å². The molecule has 5 rings (SSSR count). The molecule has 0 N–H and O–H groups in total. The van der Waals surface area contributed by atoms with Crippen molar-refractivity contribution >= 4 is 60.1 Å². The molecule has 118 valence electrons. The summed E-state index contributed by atoms with van der Waals surface area (Å²) in [6.45, 7) is 0. The van der Waals surface area contributed by atoms with Gasteiger partial charge in [-0.1, -0.05) is 70.5 Å². The van der Waals surface area contributed by atoms with Crippen LogP contribution in [0.2, 0.25) is 0 Å². The van der Waals surface area contributed by atoms with Gasteiger partial charge in [0.2, 0.25) is 0 Å². The van der Waals surface area contributed by atoms with Gasteiger partial charge in [-0.25, -0.2) is 0 Å². The highest BCUT2D eigenvalue weighted by Gasteiger charge is 2.09. The van der Waals surface area contributed by atoms with Crippen LogP contribution in [0.4, 0.5) is 5.69 Å². The van der Waals surface area contributed by atoms with Crippen LogP contribution in [0.15, 0.2) is 88.3 Å². The van der Waals surface area contributed by atoms with E-state index in [0.29, 0.717) is 0 Å². The minimum Gasteiger partial charge on any atom is -0.256 e. The highest BCUT2D eigenvalue weighted by Crippen LogP contribution is 2.35. The summed E-state index contributed by atoms with van der Waals surface area (Å²) >= 11 is 3.46. The lowest BCUT2D eigenvalue weighted by atomic mass is 9.92. The van der Waals surface area contributed by atoms with Gasteiger partial charge in [0.1, 0.15) is 0 Å². The van der Waals surface area contributed by atoms with E-state index in [1.54, 1.807) is 0 Å². The predicted molar refractivity (Wildman–Crippen MR) is 112 cm³/mol. The van der Waals surface area contributed by atoms with Crippen molar-refractivity contribution in [1.82, 2.24) is 0 Å². The molecule has 5 aromatic rings. The van der Waals surface area contributed by atoms with Gasteiger partial charge in [-0.2, -0.15) is 0 Å². The van der Waals surface area contributed by atoms with E-state index in [4.69, 9.17) is 0 Å². The van der Waals surface area contributed by atoms with Crippen LogP contribution < -0.4 is 0 Å². The molecular formula is C23H14BrN. The Morgan fingerprint density at radius 3 is 2.04 bits per heavy atom. The van der Waals surface area contributed by atoms with Crippen molar-refractivity contribution < 1.29 is 0 Å². The summed E-state index contributed by atoms with van der Waals surface area (Å²) in [5, 5.41) is 7.78. The SMILES string of the molecule is Brc1ccc(N=Cc2ccc3ccc4cccc5ccc2c3c45)cc1. The highest BCUT2D eigenvalue weighted by atomic mass is 79.9. The third-order valence-corrected chi connectivity index (χ3v) is 5.27. The second-order valence-electron chi connectivity index (χ2n) is 6.25. The van der Waals surface area contributed by atoms with Gasteiger partial charge in [0.15, 0.2) is 0 Å². The largest absolute Gasteiger partial charge is 0.256 e. The fourth-order valence-electron chi connectivity index (χ4n) is 3.54. The third-order valence-electron chi connectivity index (χ3n) is 4.74. The van der Waals surface area contributed by atoms with Crippen molar-refractivity contribution in [3.05, 3.63) is 88.9 Å². The van der Waals surface area contributed by atoms with Gasteiger partial charge in [-0.15, -0.1) is 0 Å². The number of benzene rings is 5. The number of halogens is 1. The van der Waals surface area contributed by atoms with Crippen LogP contribution in [-0.2, 0) is 0 Å². The van der Waals surface area contributed by atoms with E-state index in [1.165, 1.54) is 32.3 Å². The molecule has 0 amide bonds. The zero-order valence-electron chi connectivity index (χ0n) is 13.4. The maximum atomic E-state index is 4.65. The van der Waals surface area contributed by atoms with E-state index in [0.717, 1.165) is 15.7 Å². The molecule has 0 bridgehead atoms. The molecule has 2 heteroatoms. The maximum absolute atomic E-state index is 4.65. The quantitative estimate of drug-likeness (QED) is 0.227. The second-order valence-corrected chi connectivity index (χ2v) is 7.16. The highest BCUT2D eigenvalue weighted by molar-refractivity contribution is 9.10. The number of nitrogens with zero attached hydrogens (tertiary/aromatic N) is 1. The molecule has 0 atom stereocenters. The molecule has 0 aliphatic carbocycles. The first-order valence-electron chi connectivity index (χ1n) is 8.26. The summed E-state index contributed by atoms with van der Waals surface area (Å²) < 4.78 is 1.06. The zero-order valence-corrected chi connectivity index (χ0v) is 15.0. The summed E-state index contributed by atoms with van der Waals surface area (Å²) in [7, 11) is 0. The predicted octanol–water partition coefficient (Wildman–Crippen LogP) is 7.10. The van der Waals surface area contributed by atoms with E-state index in [2.05, 4.69) is 75.5 Å². The van der Waals surface area contributed by atoms with Gasteiger partial charge in [0.25, 0.3) is 0 Å². The minimum atomic E-state index is 0.953. The van der Waals surface area contributed by atoms with Gasteiger partial charge in [-0.05, 0) is 56.6 Å². The average Bonchev–Trinajstić information content (AvgIpc) is 2.66. The monoisotopic (exact) mass is 383 g/mol. The van der Waals surface area contributed by atoms with Crippen LogP contribution in [0.25, 0.3) is 32.3 Å². The number of hydrogen-bond donors (Lipinski definition) is 0. The fraction of sp³-hybridized carbons (Fsp3) is 0. The number of hydrogen-bond acceptors (Lipinski definition) is 1. The van der Waals surface area contributed by atoms with E-state index >= 15 is 0 Å². The smallest absolute Gasteiger partial charge is 0.0630 e. The Morgan fingerprint density at radius 1 is 0.640 bits per heavy atom. The van der Waals surface area contributed by atoms with Crippen molar-refractivity contribution in [2.24, 2.45) is 4.99 Å². The molecule has 0 aromatic heterocycles. The maximum Gasteiger partial charge on any atom is 0.0630 e.